The molecule has 0 saturated heterocycles. The molecule has 0 fully saturated rings. The predicted molar refractivity (Wildman–Crippen MR) is 54.8 cm³/mol. The summed E-state index contributed by atoms with van der Waals surface area (Å²) in [6, 6.07) is 5.74. The van der Waals surface area contributed by atoms with Gasteiger partial charge in [0.15, 0.2) is 0 Å². The van der Waals surface area contributed by atoms with Gasteiger partial charge in [-0.15, -0.1) is 0 Å². The highest BCUT2D eigenvalue weighted by Gasteiger charge is 1.99. The zero-order chi connectivity index (χ0) is 9.68. The Morgan fingerprint density at radius 1 is 1.54 bits per heavy atom. The number of hydrogen-bond donors (Lipinski definition) is 2. The van der Waals surface area contributed by atoms with Crippen molar-refractivity contribution in [1.29, 1.82) is 0 Å². The first-order valence-corrected chi connectivity index (χ1v) is 4.44. The van der Waals surface area contributed by atoms with Gasteiger partial charge in [0.25, 0.3) is 0 Å². The Labute approximate surface area is 82.8 Å². The molecule has 0 heterocycles. The average molecular weight is 201 g/mol. The first-order chi connectivity index (χ1) is 6.25. The summed E-state index contributed by atoms with van der Waals surface area (Å²) in [6.45, 7) is 3.12. The van der Waals surface area contributed by atoms with Crippen LogP contribution in [0, 0.1) is 6.92 Å². The second-order valence-corrected chi connectivity index (χ2v) is 3.12. The molecule has 0 aliphatic carbocycles. The number of nitrogens with two attached hydrogens (primary N) is 1. The Morgan fingerprint density at radius 3 is 3.00 bits per heavy atom. The van der Waals surface area contributed by atoms with Crippen LogP contribution >= 0.6 is 11.6 Å². The van der Waals surface area contributed by atoms with Gasteiger partial charge in [-0.25, -0.2) is 5.90 Å². The minimum Gasteiger partial charge on any atom is -0.382 e. The molecule has 0 amide bonds. The maximum absolute atomic E-state index is 5.93. The van der Waals surface area contributed by atoms with E-state index in [4.69, 9.17) is 17.5 Å². The van der Waals surface area contributed by atoms with E-state index >= 15 is 0 Å². The van der Waals surface area contributed by atoms with Crippen LogP contribution in [0.3, 0.4) is 0 Å². The number of hydrogen-bond acceptors (Lipinski definition) is 3. The van der Waals surface area contributed by atoms with Gasteiger partial charge in [0.1, 0.15) is 0 Å². The van der Waals surface area contributed by atoms with Crippen LogP contribution in [-0.2, 0) is 4.84 Å². The molecule has 4 heteroatoms. The molecule has 1 aromatic rings. The molecule has 0 bridgehead atoms. The molecule has 0 radical (unpaired) electrons. The summed E-state index contributed by atoms with van der Waals surface area (Å²) in [5.74, 6) is 4.89. The van der Waals surface area contributed by atoms with Crippen LogP contribution in [0.15, 0.2) is 18.2 Å². The molecule has 3 N–H and O–H groups in total. The van der Waals surface area contributed by atoms with E-state index in [1.807, 2.05) is 25.1 Å². The number of benzene rings is 1. The minimum atomic E-state index is 0.478. The third kappa shape index (κ3) is 2.88. The SMILES string of the molecule is Cc1c(Cl)cccc1NCCON. The van der Waals surface area contributed by atoms with Crippen LogP contribution in [0.4, 0.5) is 5.69 Å². The van der Waals surface area contributed by atoms with Crippen molar-refractivity contribution in [3.8, 4) is 0 Å². The van der Waals surface area contributed by atoms with E-state index in [9.17, 15) is 0 Å². The molecular formula is C9H13ClN2O. The van der Waals surface area contributed by atoms with Gasteiger partial charge < -0.3 is 10.2 Å². The number of anilines is 1. The third-order valence-electron chi connectivity index (χ3n) is 1.80. The van der Waals surface area contributed by atoms with Gasteiger partial charge in [-0.2, -0.15) is 0 Å². The molecule has 0 atom stereocenters. The van der Waals surface area contributed by atoms with Crippen molar-refractivity contribution in [3.63, 3.8) is 0 Å². The maximum atomic E-state index is 5.93. The van der Waals surface area contributed by atoms with Crippen LogP contribution in [0.2, 0.25) is 5.02 Å². The van der Waals surface area contributed by atoms with Crippen LogP contribution in [0.1, 0.15) is 5.56 Å². The standard InChI is InChI=1S/C9H13ClN2O/c1-7-8(10)3-2-4-9(7)12-5-6-13-11/h2-4,12H,5-6,11H2,1H3. The van der Waals surface area contributed by atoms with Crippen LogP contribution in [0.5, 0.6) is 0 Å². The molecule has 1 aromatic carbocycles. The van der Waals surface area contributed by atoms with Gasteiger partial charge >= 0.3 is 0 Å². The van der Waals surface area contributed by atoms with Crippen molar-refractivity contribution in [2.45, 2.75) is 6.92 Å². The Kier molecular flexibility index (Phi) is 4.02. The zero-order valence-corrected chi connectivity index (χ0v) is 8.27. The molecule has 0 aromatic heterocycles. The van der Waals surface area contributed by atoms with Gasteiger partial charge in [-0.1, -0.05) is 17.7 Å². The van der Waals surface area contributed by atoms with E-state index in [1.54, 1.807) is 0 Å². The highest BCUT2D eigenvalue weighted by Crippen LogP contribution is 2.22. The molecule has 72 valence electrons. The summed E-state index contributed by atoms with van der Waals surface area (Å²) in [4.78, 5) is 4.44. The highest BCUT2D eigenvalue weighted by molar-refractivity contribution is 6.31. The normalized spacial score (nSPS) is 10.1. The van der Waals surface area contributed by atoms with Crippen LogP contribution in [-0.4, -0.2) is 13.2 Å². The second kappa shape index (κ2) is 5.07. The van der Waals surface area contributed by atoms with E-state index in [2.05, 4.69) is 10.2 Å². The van der Waals surface area contributed by atoms with Crippen LogP contribution < -0.4 is 11.2 Å². The fourth-order valence-electron chi connectivity index (χ4n) is 1.04. The molecule has 0 aliphatic rings. The van der Waals surface area contributed by atoms with Crippen molar-refractivity contribution >= 4 is 17.3 Å². The monoisotopic (exact) mass is 200 g/mol. The largest absolute Gasteiger partial charge is 0.382 e. The molecular weight excluding hydrogens is 188 g/mol. The molecule has 0 aliphatic heterocycles. The van der Waals surface area contributed by atoms with Crippen molar-refractivity contribution in [1.82, 2.24) is 0 Å². The van der Waals surface area contributed by atoms with Crippen LogP contribution in [0.25, 0.3) is 0 Å². The molecule has 3 nitrogen and oxygen atoms in total. The molecule has 0 unspecified atom stereocenters. The lowest BCUT2D eigenvalue weighted by Gasteiger charge is -2.09. The maximum Gasteiger partial charge on any atom is 0.0851 e. The van der Waals surface area contributed by atoms with Gasteiger partial charge in [-0.05, 0) is 24.6 Å². The topological polar surface area (TPSA) is 47.3 Å². The Balaban J connectivity index is 2.61. The summed E-state index contributed by atoms with van der Waals surface area (Å²) in [6.07, 6.45) is 0. The summed E-state index contributed by atoms with van der Waals surface area (Å²) < 4.78 is 0. The highest BCUT2D eigenvalue weighted by atomic mass is 35.5. The number of rotatable bonds is 4. The summed E-state index contributed by atoms with van der Waals surface area (Å²) in [5, 5.41) is 3.93. The fraction of sp³-hybridized carbons (Fsp3) is 0.333. The first-order valence-electron chi connectivity index (χ1n) is 4.06. The number of nitrogens with one attached hydrogen (secondary N) is 1. The average Bonchev–Trinajstić information content (AvgIpc) is 2.13. The quantitative estimate of drug-likeness (QED) is 0.577. The summed E-state index contributed by atoms with van der Waals surface area (Å²) in [7, 11) is 0. The molecule has 1 rings (SSSR count). The summed E-state index contributed by atoms with van der Waals surface area (Å²) >= 11 is 5.93. The Bertz CT molecular complexity index is 278. The van der Waals surface area contributed by atoms with E-state index in [0.29, 0.717) is 13.2 Å². The van der Waals surface area contributed by atoms with Gasteiger partial charge in [0.2, 0.25) is 0 Å². The van der Waals surface area contributed by atoms with E-state index in [1.165, 1.54) is 0 Å². The van der Waals surface area contributed by atoms with E-state index in [-0.39, 0.29) is 0 Å². The smallest absolute Gasteiger partial charge is 0.0851 e. The lowest BCUT2D eigenvalue weighted by atomic mass is 10.2. The lowest BCUT2D eigenvalue weighted by molar-refractivity contribution is 0.148. The van der Waals surface area contributed by atoms with Crippen molar-refractivity contribution < 1.29 is 4.84 Å². The van der Waals surface area contributed by atoms with Gasteiger partial charge in [0, 0.05) is 17.3 Å². The lowest BCUT2D eigenvalue weighted by Crippen LogP contribution is -2.12. The second-order valence-electron chi connectivity index (χ2n) is 2.71. The predicted octanol–water partition coefficient (Wildman–Crippen LogP) is 1.95. The molecule has 0 saturated carbocycles. The summed E-state index contributed by atoms with van der Waals surface area (Å²) in [5.41, 5.74) is 2.06. The zero-order valence-electron chi connectivity index (χ0n) is 7.51. The van der Waals surface area contributed by atoms with Gasteiger partial charge in [0.05, 0.1) is 6.61 Å². The molecule has 0 spiro atoms. The van der Waals surface area contributed by atoms with E-state index in [0.717, 1.165) is 16.3 Å². The first kappa shape index (κ1) is 10.3. The van der Waals surface area contributed by atoms with E-state index < -0.39 is 0 Å². The van der Waals surface area contributed by atoms with Crippen molar-refractivity contribution in [3.05, 3.63) is 28.8 Å². The Morgan fingerprint density at radius 2 is 2.31 bits per heavy atom. The van der Waals surface area contributed by atoms with Crippen molar-refractivity contribution in [2.75, 3.05) is 18.5 Å². The van der Waals surface area contributed by atoms with Crippen molar-refractivity contribution in [2.24, 2.45) is 5.90 Å². The molecule has 13 heavy (non-hydrogen) atoms. The third-order valence-corrected chi connectivity index (χ3v) is 2.21. The number of halogens is 1. The van der Waals surface area contributed by atoms with Gasteiger partial charge in [-0.3, -0.25) is 0 Å². The minimum absolute atomic E-state index is 0.478. The fourth-order valence-corrected chi connectivity index (χ4v) is 1.22. The Hall–Kier alpha value is -0.770.